The smallest absolute Gasteiger partial charge is 0.253 e. The molecule has 4 heterocycles. The Morgan fingerprint density at radius 2 is 1.85 bits per heavy atom. The zero-order chi connectivity index (χ0) is 23.3. The number of ether oxygens (including phenoxy) is 2. The maximum atomic E-state index is 13.0. The van der Waals surface area contributed by atoms with Gasteiger partial charge in [0.2, 0.25) is 0 Å². The number of nitrogens with zero attached hydrogens (tertiary/aromatic N) is 4. The molecule has 1 aromatic carbocycles. The molecule has 7 nitrogen and oxygen atoms in total. The lowest BCUT2D eigenvalue weighted by atomic mass is 9.93. The van der Waals surface area contributed by atoms with E-state index in [4.69, 9.17) is 9.47 Å². The minimum absolute atomic E-state index is 0.119. The first-order valence-electron chi connectivity index (χ1n) is 12.4. The van der Waals surface area contributed by atoms with Crippen molar-refractivity contribution in [2.45, 2.75) is 32.8 Å². The van der Waals surface area contributed by atoms with Gasteiger partial charge in [-0.05, 0) is 74.5 Å². The van der Waals surface area contributed by atoms with Crippen LogP contribution >= 0.6 is 0 Å². The third-order valence-corrected chi connectivity index (χ3v) is 7.07. The third-order valence-electron chi connectivity index (χ3n) is 7.07. The predicted molar refractivity (Wildman–Crippen MR) is 131 cm³/mol. The quantitative estimate of drug-likeness (QED) is 0.535. The van der Waals surface area contributed by atoms with Gasteiger partial charge < -0.3 is 18.8 Å². The molecule has 2 aliphatic heterocycles. The van der Waals surface area contributed by atoms with Crippen LogP contribution in [0.15, 0.2) is 48.8 Å². The van der Waals surface area contributed by atoms with E-state index < -0.39 is 0 Å². The van der Waals surface area contributed by atoms with E-state index in [0.29, 0.717) is 12.5 Å². The number of aryl methyl sites for hydroxylation is 1. The Morgan fingerprint density at radius 3 is 2.59 bits per heavy atom. The molecule has 0 unspecified atom stereocenters. The molecule has 5 rings (SSSR count). The summed E-state index contributed by atoms with van der Waals surface area (Å²) in [7, 11) is 0. The Balaban J connectivity index is 1.09. The van der Waals surface area contributed by atoms with E-state index >= 15 is 0 Å². The van der Waals surface area contributed by atoms with Gasteiger partial charge in [0.25, 0.3) is 5.91 Å². The number of rotatable bonds is 7. The van der Waals surface area contributed by atoms with Crippen molar-refractivity contribution in [3.63, 3.8) is 0 Å². The number of amides is 1. The fourth-order valence-electron chi connectivity index (χ4n) is 4.92. The first-order valence-corrected chi connectivity index (χ1v) is 12.4. The van der Waals surface area contributed by atoms with E-state index in [9.17, 15) is 4.79 Å². The Kier molecular flexibility index (Phi) is 7.11. The van der Waals surface area contributed by atoms with Gasteiger partial charge in [-0.1, -0.05) is 6.07 Å². The van der Waals surface area contributed by atoms with Crippen LogP contribution in [0.4, 0.5) is 0 Å². The average molecular weight is 463 g/mol. The SMILES string of the molecule is Cc1cccn2cc(COc3ccc(C(=O)N4CCC(CCN5CCOCC5)CC4)cc3)nc12. The van der Waals surface area contributed by atoms with E-state index in [-0.39, 0.29) is 5.91 Å². The molecule has 3 aromatic rings. The first kappa shape index (κ1) is 22.9. The van der Waals surface area contributed by atoms with Crippen molar-refractivity contribution in [1.82, 2.24) is 19.2 Å². The van der Waals surface area contributed by atoms with Gasteiger partial charge in [0, 0.05) is 44.1 Å². The summed E-state index contributed by atoms with van der Waals surface area (Å²) in [5.41, 5.74) is 3.69. The number of imidazole rings is 1. The van der Waals surface area contributed by atoms with Crippen LogP contribution in [-0.2, 0) is 11.3 Å². The van der Waals surface area contributed by atoms with Crippen molar-refractivity contribution >= 4 is 11.6 Å². The van der Waals surface area contributed by atoms with Crippen LogP contribution in [0.5, 0.6) is 5.75 Å². The van der Waals surface area contributed by atoms with Crippen LogP contribution in [0, 0.1) is 12.8 Å². The lowest BCUT2D eigenvalue weighted by Gasteiger charge is -2.34. The predicted octanol–water partition coefficient (Wildman–Crippen LogP) is 3.80. The lowest BCUT2D eigenvalue weighted by Crippen LogP contribution is -2.40. The molecule has 0 saturated carbocycles. The highest BCUT2D eigenvalue weighted by atomic mass is 16.5. The maximum Gasteiger partial charge on any atom is 0.253 e. The summed E-state index contributed by atoms with van der Waals surface area (Å²) in [6, 6.07) is 11.6. The Bertz CT molecular complexity index is 1100. The molecule has 2 fully saturated rings. The molecule has 0 bridgehead atoms. The van der Waals surface area contributed by atoms with Gasteiger partial charge in [-0.3, -0.25) is 9.69 Å². The second kappa shape index (κ2) is 10.6. The van der Waals surface area contributed by atoms with Gasteiger partial charge in [0.05, 0.1) is 18.9 Å². The number of carbonyl (C=O) groups is 1. The number of fused-ring (bicyclic) bond motifs is 1. The zero-order valence-corrected chi connectivity index (χ0v) is 20.0. The Hall–Kier alpha value is -2.90. The second-order valence-corrected chi connectivity index (χ2v) is 9.45. The van der Waals surface area contributed by atoms with Crippen molar-refractivity contribution in [3.8, 4) is 5.75 Å². The van der Waals surface area contributed by atoms with Gasteiger partial charge in [0.15, 0.2) is 0 Å². The Morgan fingerprint density at radius 1 is 1.09 bits per heavy atom. The normalized spacial score (nSPS) is 17.9. The number of hydrogen-bond acceptors (Lipinski definition) is 5. The molecular formula is C27H34N4O3. The summed E-state index contributed by atoms with van der Waals surface area (Å²) in [5, 5.41) is 0. The molecule has 0 radical (unpaired) electrons. The van der Waals surface area contributed by atoms with Gasteiger partial charge in [-0.2, -0.15) is 0 Å². The molecule has 0 atom stereocenters. The van der Waals surface area contributed by atoms with Crippen molar-refractivity contribution < 1.29 is 14.3 Å². The van der Waals surface area contributed by atoms with E-state index in [1.165, 1.54) is 6.42 Å². The minimum Gasteiger partial charge on any atom is -0.487 e. The number of pyridine rings is 1. The van der Waals surface area contributed by atoms with Gasteiger partial charge in [0.1, 0.15) is 18.0 Å². The van der Waals surface area contributed by atoms with Crippen LogP contribution in [0.3, 0.4) is 0 Å². The molecule has 2 aromatic heterocycles. The summed E-state index contributed by atoms with van der Waals surface area (Å²) in [6.45, 7) is 9.11. The van der Waals surface area contributed by atoms with E-state index in [2.05, 4.69) is 22.9 Å². The van der Waals surface area contributed by atoms with Crippen molar-refractivity contribution in [1.29, 1.82) is 0 Å². The zero-order valence-electron chi connectivity index (χ0n) is 20.0. The molecular weight excluding hydrogens is 428 g/mol. The molecule has 34 heavy (non-hydrogen) atoms. The summed E-state index contributed by atoms with van der Waals surface area (Å²) < 4.78 is 13.4. The monoisotopic (exact) mass is 462 g/mol. The molecule has 2 aliphatic rings. The number of aromatic nitrogens is 2. The van der Waals surface area contributed by atoms with Gasteiger partial charge in [-0.15, -0.1) is 0 Å². The summed E-state index contributed by atoms with van der Waals surface area (Å²) >= 11 is 0. The van der Waals surface area contributed by atoms with Gasteiger partial charge >= 0.3 is 0 Å². The summed E-state index contributed by atoms with van der Waals surface area (Å²) in [4.78, 5) is 22.1. The molecule has 7 heteroatoms. The lowest BCUT2D eigenvalue weighted by molar-refractivity contribution is 0.0332. The minimum atomic E-state index is 0.119. The van der Waals surface area contributed by atoms with Crippen molar-refractivity contribution in [2.75, 3.05) is 45.9 Å². The summed E-state index contributed by atoms with van der Waals surface area (Å²) in [5.74, 6) is 1.58. The fourth-order valence-corrected chi connectivity index (χ4v) is 4.92. The highest BCUT2D eigenvalue weighted by Crippen LogP contribution is 2.23. The van der Waals surface area contributed by atoms with Crippen LogP contribution in [0.1, 0.15) is 40.9 Å². The fraction of sp³-hybridized carbons (Fsp3) is 0.481. The molecule has 0 aliphatic carbocycles. The second-order valence-electron chi connectivity index (χ2n) is 9.45. The highest BCUT2D eigenvalue weighted by molar-refractivity contribution is 5.94. The number of likely N-dealkylation sites (tertiary alicyclic amines) is 1. The molecule has 0 spiro atoms. The van der Waals surface area contributed by atoms with Crippen LogP contribution in [0.2, 0.25) is 0 Å². The van der Waals surface area contributed by atoms with Gasteiger partial charge in [-0.25, -0.2) is 4.98 Å². The topological polar surface area (TPSA) is 59.3 Å². The van der Waals surface area contributed by atoms with Crippen molar-refractivity contribution in [2.24, 2.45) is 5.92 Å². The number of piperidine rings is 1. The van der Waals surface area contributed by atoms with Crippen LogP contribution in [0.25, 0.3) is 5.65 Å². The summed E-state index contributed by atoms with van der Waals surface area (Å²) in [6.07, 6.45) is 7.39. The first-order chi connectivity index (χ1) is 16.7. The van der Waals surface area contributed by atoms with E-state index in [1.54, 1.807) is 0 Å². The highest BCUT2D eigenvalue weighted by Gasteiger charge is 2.24. The number of carbonyl (C=O) groups excluding carboxylic acids is 1. The largest absolute Gasteiger partial charge is 0.487 e. The Labute approximate surface area is 201 Å². The average Bonchev–Trinajstić information content (AvgIpc) is 3.32. The van der Waals surface area contributed by atoms with Crippen LogP contribution in [-0.4, -0.2) is 71.0 Å². The molecule has 2 saturated heterocycles. The number of morpholine rings is 1. The number of benzene rings is 1. The number of hydrogen-bond donors (Lipinski definition) is 0. The molecule has 1 amide bonds. The van der Waals surface area contributed by atoms with Crippen molar-refractivity contribution in [3.05, 3.63) is 65.6 Å². The van der Waals surface area contributed by atoms with E-state index in [0.717, 1.165) is 87.0 Å². The van der Waals surface area contributed by atoms with E-state index in [1.807, 2.05) is 52.0 Å². The third kappa shape index (κ3) is 5.42. The molecule has 0 N–H and O–H groups in total. The molecule has 180 valence electrons. The standard InChI is InChI=1S/C27H34N4O3/c1-21-3-2-11-31-19-24(28-26(21)31)20-34-25-6-4-23(5-7-25)27(32)30-13-9-22(10-14-30)8-12-29-15-17-33-18-16-29/h2-7,11,19,22H,8-10,12-18,20H2,1H3. The van der Waals surface area contributed by atoms with Crippen LogP contribution < -0.4 is 4.74 Å². The maximum absolute atomic E-state index is 13.0.